The Morgan fingerprint density at radius 1 is 1.32 bits per heavy atom. The number of rotatable bonds is 3. The van der Waals surface area contributed by atoms with Crippen LogP contribution in [0.25, 0.3) is 16.5 Å². The van der Waals surface area contributed by atoms with Crippen molar-refractivity contribution in [2.75, 3.05) is 7.05 Å². The molecule has 19 heavy (non-hydrogen) atoms. The van der Waals surface area contributed by atoms with Crippen molar-refractivity contribution in [1.29, 1.82) is 0 Å². The van der Waals surface area contributed by atoms with Gasteiger partial charge in [0, 0.05) is 24.3 Å². The van der Waals surface area contributed by atoms with Gasteiger partial charge in [0.2, 0.25) is 0 Å². The van der Waals surface area contributed by atoms with Gasteiger partial charge in [0.15, 0.2) is 0 Å². The molecule has 0 aliphatic heterocycles. The van der Waals surface area contributed by atoms with E-state index in [0.717, 1.165) is 23.2 Å². The summed E-state index contributed by atoms with van der Waals surface area (Å²) >= 11 is 0. The molecule has 1 aromatic heterocycles. The number of pyridine rings is 1. The minimum Gasteiger partial charge on any atom is -0.296 e. The Kier molecular flexibility index (Phi) is 4.10. The molecule has 0 unspecified atom stereocenters. The summed E-state index contributed by atoms with van der Waals surface area (Å²) in [6, 6.07) is 8.64. The van der Waals surface area contributed by atoms with Gasteiger partial charge < -0.3 is 0 Å². The molecular weight excluding hydrogens is 232 g/mol. The lowest BCUT2D eigenvalue weighted by atomic mass is 9.98. The van der Waals surface area contributed by atoms with Crippen LogP contribution in [0.15, 0.2) is 35.3 Å². The topological polar surface area (TPSA) is 25.2 Å². The number of aryl methyl sites for hydroxylation is 2. The van der Waals surface area contributed by atoms with Crippen LogP contribution in [0.1, 0.15) is 30.7 Å². The molecule has 0 radical (unpaired) electrons. The van der Waals surface area contributed by atoms with E-state index >= 15 is 0 Å². The monoisotopic (exact) mass is 252 g/mol. The van der Waals surface area contributed by atoms with Crippen molar-refractivity contribution < 1.29 is 0 Å². The second-order valence-corrected chi connectivity index (χ2v) is 4.65. The van der Waals surface area contributed by atoms with E-state index < -0.39 is 0 Å². The summed E-state index contributed by atoms with van der Waals surface area (Å²) in [5.41, 5.74) is 5.78. The van der Waals surface area contributed by atoms with E-state index in [9.17, 15) is 0 Å². The lowest BCUT2D eigenvalue weighted by Crippen LogP contribution is -1.94. The maximum absolute atomic E-state index is 4.62. The van der Waals surface area contributed by atoms with E-state index in [1.165, 1.54) is 16.5 Å². The van der Waals surface area contributed by atoms with Crippen LogP contribution in [-0.2, 0) is 6.42 Å². The van der Waals surface area contributed by atoms with Gasteiger partial charge in [-0.3, -0.25) is 9.98 Å². The molecule has 0 fully saturated rings. The lowest BCUT2D eigenvalue weighted by Gasteiger charge is -2.10. The molecule has 0 bridgehead atoms. The average Bonchev–Trinajstić information content (AvgIpc) is 2.43. The first-order valence-corrected chi connectivity index (χ1v) is 6.68. The zero-order chi connectivity index (χ0) is 13.8. The zero-order valence-electron chi connectivity index (χ0n) is 12.1. The number of fused-ring (bicyclic) bond motifs is 1. The molecule has 2 heteroatoms. The summed E-state index contributed by atoms with van der Waals surface area (Å²) in [7, 11) is 1.80. The van der Waals surface area contributed by atoms with Crippen molar-refractivity contribution in [3.63, 3.8) is 0 Å². The molecule has 0 saturated heterocycles. The van der Waals surface area contributed by atoms with Crippen molar-refractivity contribution in [2.45, 2.75) is 27.2 Å². The normalized spacial score (nSPS) is 12.5. The Morgan fingerprint density at radius 3 is 2.74 bits per heavy atom. The van der Waals surface area contributed by atoms with Crippen LogP contribution in [0.3, 0.4) is 0 Å². The number of hydrogen-bond donors (Lipinski definition) is 0. The van der Waals surface area contributed by atoms with E-state index in [0.29, 0.717) is 0 Å². The quantitative estimate of drug-likeness (QED) is 0.751. The number of nitrogens with zero attached hydrogens (tertiary/aromatic N) is 2. The third kappa shape index (κ3) is 2.73. The lowest BCUT2D eigenvalue weighted by molar-refractivity contribution is 1.14. The van der Waals surface area contributed by atoms with Gasteiger partial charge in [0.05, 0.1) is 5.52 Å². The Morgan fingerprint density at radius 2 is 2.11 bits per heavy atom. The second kappa shape index (κ2) is 5.79. The average molecular weight is 252 g/mol. The van der Waals surface area contributed by atoms with E-state index in [2.05, 4.69) is 47.2 Å². The number of hydrogen-bond acceptors (Lipinski definition) is 2. The highest BCUT2D eigenvalue weighted by atomic mass is 14.7. The molecule has 0 atom stereocenters. The minimum absolute atomic E-state index is 1.04. The predicted molar refractivity (Wildman–Crippen MR) is 83.9 cm³/mol. The SMILES string of the molecule is C/C=C(\C=N/C)c1cc(C)nc2ccc(CC)cc12. The van der Waals surface area contributed by atoms with Crippen LogP contribution in [-0.4, -0.2) is 18.2 Å². The minimum atomic E-state index is 1.04. The van der Waals surface area contributed by atoms with E-state index in [1.807, 2.05) is 20.1 Å². The van der Waals surface area contributed by atoms with Crippen LogP contribution in [0.5, 0.6) is 0 Å². The maximum atomic E-state index is 4.62. The van der Waals surface area contributed by atoms with Gasteiger partial charge in [-0.1, -0.05) is 19.1 Å². The van der Waals surface area contributed by atoms with Crippen molar-refractivity contribution >= 4 is 22.7 Å². The molecular formula is C17H20N2. The molecule has 2 aromatic rings. The largest absolute Gasteiger partial charge is 0.296 e. The molecule has 1 aromatic carbocycles. The van der Waals surface area contributed by atoms with E-state index in [-0.39, 0.29) is 0 Å². The maximum Gasteiger partial charge on any atom is 0.0711 e. The summed E-state index contributed by atoms with van der Waals surface area (Å²) < 4.78 is 0. The molecule has 0 aliphatic carbocycles. The van der Waals surface area contributed by atoms with Gasteiger partial charge in [-0.25, -0.2) is 0 Å². The fourth-order valence-electron chi connectivity index (χ4n) is 2.30. The van der Waals surface area contributed by atoms with Gasteiger partial charge in [0.25, 0.3) is 0 Å². The van der Waals surface area contributed by atoms with Crippen LogP contribution in [0.4, 0.5) is 0 Å². The second-order valence-electron chi connectivity index (χ2n) is 4.65. The molecule has 0 aliphatic rings. The van der Waals surface area contributed by atoms with Crippen LogP contribution in [0, 0.1) is 6.92 Å². The standard InChI is InChI=1S/C17H20N2/c1-5-13-7-8-17-16(10-13)15(9-12(3)19-17)14(6-2)11-18-4/h6-11H,5H2,1-4H3/b14-6+,18-11-. The molecule has 98 valence electrons. The first-order chi connectivity index (χ1) is 9.19. The Hall–Kier alpha value is -1.96. The Balaban J connectivity index is 2.77. The zero-order valence-corrected chi connectivity index (χ0v) is 12.1. The van der Waals surface area contributed by atoms with E-state index in [1.54, 1.807) is 7.05 Å². The van der Waals surface area contributed by atoms with Crippen molar-refractivity contribution in [3.8, 4) is 0 Å². The smallest absolute Gasteiger partial charge is 0.0711 e. The predicted octanol–water partition coefficient (Wildman–Crippen LogP) is 4.21. The summed E-state index contributed by atoms with van der Waals surface area (Å²) in [4.78, 5) is 8.77. The Labute approximate surface area is 114 Å². The molecule has 0 spiro atoms. The fourth-order valence-corrected chi connectivity index (χ4v) is 2.30. The summed E-state index contributed by atoms with van der Waals surface area (Å²) in [6.45, 7) is 6.25. The first-order valence-electron chi connectivity index (χ1n) is 6.68. The number of allylic oxidation sites excluding steroid dienone is 2. The molecule has 1 heterocycles. The van der Waals surface area contributed by atoms with Gasteiger partial charge in [0.1, 0.15) is 0 Å². The third-order valence-electron chi connectivity index (χ3n) is 3.30. The molecule has 0 amide bonds. The highest BCUT2D eigenvalue weighted by Gasteiger charge is 2.07. The third-order valence-corrected chi connectivity index (χ3v) is 3.30. The summed E-state index contributed by atoms with van der Waals surface area (Å²) in [5.74, 6) is 0. The summed E-state index contributed by atoms with van der Waals surface area (Å²) in [5, 5.41) is 1.21. The van der Waals surface area contributed by atoms with Crippen LogP contribution >= 0.6 is 0 Å². The molecule has 2 nitrogen and oxygen atoms in total. The molecule has 0 saturated carbocycles. The van der Waals surface area contributed by atoms with Gasteiger partial charge in [-0.05, 0) is 55.2 Å². The number of benzene rings is 1. The Bertz CT molecular complexity index is 652. The van der Waals surface area contributed by atoms with Gasteiger partial charge in [-0.15, -0.1) is 0 Å². The highest BCUT2D eigenvalue weighted by molar-refractivity contribution is 6.14. The van der Waals surface area contributed by atoms with Crippen LogP contribution in [0.2, 0.25) is 0 Å². The number of aromatic nitrogens is 1. The van der Waals surface area contributed by atoms with Crippen molar-refractivity contribution in [3.05, 3.63) is 47.2 Å². The number of aliphatic imine (C=N–C) groups is 1. The van der Waals surface area contributed by atoms with Gasteiger partial charge in [-0.2, -0.15) is 0 Å². The van der Waals surface area contributed by atoms with Crippen molar-refractivity contribution in [2.24, 2.45) is 4.99 Å². The fraction of sp³-hybridized carbons (Fsp3) is 0.294. The van der Waals surface area contributed by atoms with Gasteiger partial charge >= 0.3 is 0 Å². The highest BCUT2D eigenvalue weighted by Crippen LogP contribution is 2.25. The summed E-state index contributed by atoms with van der Waals surface area (Å²) in [6.07, 6.45) is 5.04. The van der Waals surface area contributed by atoms with E-state index in [4.69, 9.17) is 0 Å². The van der Waals surface area contributed by atoms with Crippen LogP contribution < -0.4 is 0 Å². The molecule has 0 N–H and O–H groups in total. The first kappa shape index (κ1) is 13.5. The molecule has 2 rings (SSSR count). The van der Waals surface area contributed by atoms with Crippen molar-refractivity contribution in [1.82, 2.24) is 4.98 Å².